The Morgan fingerprint density at radius 2 is 1.79 bits per heavy atom. The normalized spacial score (nSPS) is 16.1. The summed E-state index contributed by atoms with van der Waals surface area (Å²) >= 11 is 0. The number of hydrogen-bond donors (Lipinski definition) is 1. The third-order valence-electron chi connectivity index (χ3n) is 3.23. The van der Waals surface area contributed by atoms with Crippen LogP contribution in [0.4, 0.5) is 5.69 Å². The van der Waals surface area contributed by atoms with Gasteiger partial charge in [0, 0.05) is 38.4 Å². The second-order valence-electron chi connectivity index (χ2n) is 4.86. The minimum absolute atomic E-state index is 0.162. The fourth-order valence-corrected chi connectivity index (χ4v) is 2.67. The minimum atomic E-state index is -3.53. The van der Waals surface area contributed by atoms with Gasteiger partial charge in [-0.05, 0) is 24.3 Å². The number of rotatable bonds is 3. The van der Waals surface area contributed by atoms with Crippen LogP contribution in [0.2, 0.25) is 0 Å². The zero-order valence-electron chi connectivity index (χ0n) is 10.9. The molecule has 19 heavy (non-hydrogen) atoms. The number of benzene rings is 1. The Bertz CT molecular complexity index is 575. The fourth-order valence-electron chi connectivity index (χ4n) is 1.90. The molecule has 2 rings (SSSR count). The van der Waals surface area contributed by atoms with Crippen LogP contribution in [0.3, 0.4) is 0 Å². The highest BCUT2D eigenvalue weighted by atomic mass is 32.2. The number of nitrogens with zero attached hydrogens (tertiary/aromatic N) is 2. The van der Waals surface area contributed by atoms with Crippen LogP contribution in [-0.2, 0) is 10.0 Å². The van der Waals surface area contributed by atoms with Crippen LogP contribution < -0.4 is 10.0 Å². The largest absolute Gasteiger partial charge is 0.378 e. The second-order valence-corrected chi connectivity index (χ2v) is 6.71. The van der Waals surface area contributed by atoms with Crippen molar-refractivity contribution in [1.29, 1.82) is 0 Å². The minimum Gasteiger partial charge on any atom is -0.378 e. The number of nitrogens with two attached hydrogens (primary N) is 1. The van der Waals surface area contributed by atoms with Gasteiger partial charge in [0.25, 0.3) is 5.91 Å². The SMILES string of the molecule is CN(C)c1ccc(C(=O)N2CC(S(N)(=O)=O)C2)cc1. The van der Waals surface area contributed by atoms with E-state index in [2.05, 4.69) is 0 Å². The molecule has 1 aliphatic heterocycles. The lowest BCUT2D eigenvalue weighted by Crippen LogP contribution is -2.58. The van der Waals surface area contributed by atoms with E-state index in [0.717, 1.165) is 5.69 Å². The summed E-state index contributed by atoms with van der Waals surface area (Å²) < 4.78 is 22.1. The molecule has 7 heteroatoms. The van der Waals surface area contributed by atoms with Crippen LogP contribution in [0.25, 0.3) is 0 Å². The van der Waals surface area contributed by atoms with E-state index < -0.39 is 15.3 Å². The average molecular weight is 283 g/mol. The maximum atomic E-state index is 12.1. The third kappa shape index (κ3) is 2.87. The molecule has 1 fully saturated rings. The molecule has 0 saturated carbocycles. The van der Waals surface area contributed by atoms with Crippen LogP contribution in [0.15, 0.2) is 24.3 Å². The highest BCUT2D eigenvalue weighted by Gasteiger charge is 2.38. The summed E-state index contributed by atoms with van der Waals surface area (Å²) in [4.78, 5) is 15.5. The Balaban J connectivity index is 2.02. The van der Waals surface area contributed by atoms with Gasteiger partial charge in [0.2, 0.25) is 10.0 Å². The van der Waals surface area contributed by atoms with Crippen LogP contribution in [0.1, 0.15) is 10.4 Å². The van der Waals surface area contributed by atoms with Gasteiger partial charge in [0.05, 0.1) is 0 Å². The number of likely N-dealkylation sites (tertiary alicyclic amines) is 1. The van der Waals surface area contributed by atoms with Crippen molar-refractivity contribution in [3.63, 3.8) is 0 Å². The summed E-state index contributed by atoms with van der Waals surface area (Å²) in [6.07, 6.45) is 0. The number of primary sulfonamides is 1. The van der Waals surface area contributed by atoms with Gasteiger partial charge in [-0.2, -0.15) is 0 Å². The van der Waals surface area contributed by atoms with Crippen molar-refractivity contribution >= 4 is 21.6 Å². The van der Waals surface area contributed by atoms with Crippen molar-refractivity contribution in [3.8, 4) is 0 Å². The van der Waals surface area contributed by atoms with Gasteiger partial charge in [-0.3, -0.25) is 4.79 Å². The van der Waals surface area contributed by atoms with Gasteiger partial charge in [0.15, 0.2) is 0 Å². The standard InChI is InChI=1S/C12H17N3O3S/c1-14(2)10-5-3-9(4-6-10)12(16)15-7-11(8-15)19(13,17)18/h3-6,11H,7-8H2,1-2H3,(H2,13,17,18). The summed E-state index contributed by atoms with van der Waals surface area (Å²) in [6.45, 7) is 0.347. The molecule has 0 unspecified atom stereocenters. The molecule has 1 amide bonds. The summed E-state index contributed by atoms with van der Waals surface area (Å²) in [5, 5.41) is 4.40. The molecule has 0 aromatic heterocycles. The fraction of sp³-hybridized carbons (Fsp3) is 0.417. The lowest BCUT2D eigenvalue weighted by molar-refractivity contribution is 0.0659. The first-order chi connectivity index (χ1) is 8.79. The van der Waals surface area contributed by atoms with Crippen LogP contribution >= 0.6 is 0 Å². The van der Waals surface area contributed by atoms with Crippen molar-refractivity contribution in [1.82, 2.24) is 4.90 Å². The molecule has 1 heterocycles. The van der Waals surface area contributed by atoms with Crippen LogP contribution in [0, 0.1) is 0 Å². The van der Waals surface area contributed by atoms with E-state index in [4.69, 9.17) is 5.14 Å². The summed E-state index contributed by atoms with van der Waals surface area (Å²) in [6, 6.07) is 7.18. The molecule has 1 aromatic rings. The Labute approximate surface area is 112 Å². The van der Waals surface area contributed by atoms with Gasteiger partial charge >= 0.3 is 0 Å². The molecule has 0 spiro atoms. The lowest BCUT2D eigenvalue weighted by atomic mass is 10.1. The average Bonchev–Trinajstić information content (AvgIpc) is 2.25. The van der Waals surface area contributed by atoms with Crippen molar-refractivity contribution < 1.29 is 13.2 Å². The first kappa shape index (κ1) is 13.8. The molecule has 0 bridgehead atoms. The second kappa shape index (κ2) is 4.82. The summed E-state index contributed by atoms with van der Waals surface area (Å²) in [5.41, 5.74) is 1.56. The maximum absolute atomic E-state index is 12.1. The number of amides is 1. The monoisotopic (exact) mass is 283 g/mol. The summed E-state index contributed by atoms with van der Waals surface area (Å²) in [7, 11) is 0.306. The Hall–Kier alpha value is -1.60. The van der Waals surface area contributed by atoms with Gasteiger partial charge in [-0.1, -0.05) is 0 Å². The number of anilines is 1. The Kier molecular flexibility index (Phi) is 3.51. The maximum Gasteiger partial charge on any atom is 0.253 e. The van der Waals surface area contributed by atoms with Gasteiger partial charge in [0.1, 0.15) is 5.25 Å². The van der Waals surface area contributed by atoms with E-state index >= 15 is 0 Å². The molecule has 1 aliphatic rings. The predicted molar refractivity (Wildman–Crippen MR) is 73.6 cm³/mol. The first-order valence-corrected chi connectivity index (χ1v) is 7.48. The zero-order chi connectivity index (χ0) is 14.2. The van der Waals surface area contributed by atoms with E-state index in [1.54, 1.807) is 12.1 Å². The molecule has 1 aromatic carbocycles. The van der Waals surface area contributed by atoms with E-state index in [1.807, 2.05) is 31.1 Å². The Morgan fingerprint density at radius 1 is 1.26 bits per heavy atom. The van der Waals surface area contributed by atoms with E-state index in [0.29, 0.717) is 5.56 Å². The third-order valence-corrected chi connectivity index (χ3v) is 4.46. The molecule has 6 nitrogen and oxygen atoms in total. The van der Waals surface area contributed by atoms with Crippen molar-refractivity contribution in [2.24, 2.45) is 5.14 Å². The number of carbonyl (C=O) groups excluding carboxylic acids is 1. The molecule has 0 aliphatic carbocycles. The number of hydrogen-bond acceptors (Lipinski definition) is 4. The van der Waals surface area contributed by atoms with Crippen molar-refractivity contribution in [2.45, 2.75) is 5.25 Å². The van der Waals surface area contributed by atoms with Gasteiger partial charge in [-0.25, -0.2) is 13.6 Å². The van der Waals surface area contributed by atoms with Crippen LogP contribution in [-0.4, -0.2) is 51.7 Å². The number of sulfonamides is 1. The first-order valence-electron chi connectivity index (χ1n) is 5.87. The Morgan fingerprint density at radius 3 is 2.21 bits per heavy atom. The molecular weight excluding hydrogens is 266 g/mol. The molecule has 0 atom stereocenters. The van der Waals surface area contributed by atoms with Crippen LogP contribution in [0.5, 0.6) is 0 Å². The van der Waals surface area contributed by atoms with E-state index in [9.17, 15) is 13.2 Å². The van der Waals surface area contributed by atoms with Crippen molar-refractivity contribution in [2.75, 3.05) is 32.1 Å². The highest BCUT2D eigenvalue weighted by molar-refractivity contribution is 7.89. The predicted octanol–water partition coefficient (Wildman–Crippen LogP) is -0.134. The topological polar surface area (TPSA) is 83.7 Å². The molecule has 0 radical (unpaired) electrons. The molecule has 104 valence electrons. The summed E-state index contributed by atoms with van der Waals surface area (Å²) in [5.74, 6) is -0.162. The molecule has 2 N–H and O–H groups in total. The van der Waals surface area contributed by atoms with E-state index in [-0.39, 0.29) is 19.0 Å². The zero-order valence-corrected chi connectivity index (χ0v) is 11.7. The quantitative estimate of drug-likeness (QED) is 0.837. The number of carbonyl (C=O) groups is 1. The van der Waals surface area contributed by atoms with Gasteiger partial charge < -0.3 is 9.80 Å². The molecule has 1 saturated heterocycles. The van der Waals surface area contributed by atoms with Crippen molar-refractivity contribution in [3.05, 3.63) is 29.8 Å². The van der Waals surface area contributed by atoms with E-state index in [1.165, 1.54) is 4.90 Å². The lowest BCUT2D eigenvalue weighted by Gasteiger charge is -2.37. The molecular formula is C12H17N3O3S. The smallest absolute Gasteiger partial charge is 0.253 e. The highest BCUT2D eigenvalue weighted by Crippen LogP contribution is 2.19. The van der Waals surface area contributed by atoms with Gasteiger partial charge in [-0.15, -0.1) is 0 Å².